The van der Waals surface area contributed by atoms with E-state index in [0.717, 1.165) is 17.2 Å². The van der Waals surface area contributed by atoms with Crippen molar-refractivity contribution in [1.82, 2.24) is 5.32 Å². The van der Waals surface area contributed by atoms with E-state index in [1.807, 2.05) is 30.3 Å². The molecule has 0 aliphatic heterocycles. The van der Waals surface area contributed by atoms with Crippen molar-refractivity contribution in [3.05, 3.63) is 61.2 Å². The molecule has 0 atom stereocenters. The minimum absolute atomic E-state index is 0.0360. The smallest absolute Gasteiger partial charge is 0.330 e. The number of phenolic OH excluding ortho intramolecular Hbond substituents is 1. The lowest BCUT2D eigenvalue weighted by molar-refractivity contribution is -0.137. The summed E-state index contributed by atoms with van der Waals surface area (Å²) in [6.07, 6.45) is 1.05. The molecule has 0 saturated carbocycles. The van der Waals surface area contributed by atoms with Crippen LogP contribution in [-0.4, -0.2) is 30.3 Å². The molecule has 0 saturated heterocycles. The number of aromatic hydroxyl groups is 1. The molecule has 0 unspecified atom stereocenters. The number of hydrogen-bond acceptors (Lipinski definition) is 4. The molecule has 2 aromatic rings. The first-order valence-electron chi connectivity index (χ1n) is 7.32. The van der Waals surface area contributed by atoms with E-state index in [0.29, 0.717) is 0 Å². The zero-order valence-electron chi connectivity index (χ0n) is 13.0. The highest BCUT2D eigenvalue weighted by atomic mass is 16.5. The van der Waals surface area contributed by atoms with E-state index >= 15 is 0 Å². The number of hydrogen-bond donors (Lipinski definition) is 3. The second-order valence-electron chi connectivity index (χ2n) is 4.85. The molecule has 0 spiro atoms. The molecular weight excluding hydrogens is 308 g/mol. The molecule has 2 aromatic carbocycles. The highest BCUT2D eigenvalue weighted by Gasteiger charge is 2.08. The molecular formula is C18H18N2O4. The van der Waals surface area contributed by atoms with Crippen molar-refractivity contribution in [2.24, 2.45) is 0 Å². The summed E-state index contributed by atoms with van der Waals surface area (Å²) in [6, 6.07) is 14.1. The Morgan fingerprint density at radius 2 is 1.88 bits per heavy atom. The lowest BCUT2D eigenvalue weighted by Crippen LogP contribution is -2.32. The van der Waals surface area contributed by atoms with Gasteiger partial charge in [0, 0.05) is 6.08 Å². The molecule has 124 valence electrons. The van der Waals surface area contributed by atoms with E-state index in [2.05, 4.69) is 17.2 Å². The first-order chi connectivity index (χ1) is 11.6. The molecule has 0 heterocycles. The average Bonchev–Trinajstić information content (AvgIpc) is 2.61. The molecule has 24 heavy (non-hydrogen) atoms. The van der Waals surface area contributed by atoms with Gasteiger partial charge in [0.25, 0.3) is 0 Å². The van der Waals surface area contributed by atoms with Gasteiger partial charge in [-0.1, -0.05) is 43.0 Å². The molecule has 0 bridgehead atoms. The average molecular weight is 326 g/mol. The van der Waals surface area contributed by atoms with Gasteiger partial charge in [-0.25, -0.2) is 9.59 Å². The Kier molecular flexibility index (Phi) is 5.96. The maximum atomic E-state index is 11.8. The van der Waals surface area contributed by atoms with E-state index in [4.69, 9.17) is 4.74 Å². The Morgan fingerprint density at radius 1 is 1.12 bits per heavy atom. The number of rotatable bonds is 6. The summed E-state index contributed by atoms with van der Waals surface area (Å²) in [5.41, 5.74) is 2.12. The van der Waals surface area contributed by atoms with Gasteiger partial charge < -0.3 is 20.5 Å². The first-order valence-corrected chi connectivity index (χ1v) is 7.32. The van der Waals surface area contributed by atoms with Crippen LogP contribution in [0.4, 0.5) is 10.5 Å². The van der Waals surface area contributed by atoms with Gasteiger partial charge in [-0.3, -0.25) is 0 Å². The fourth-order valence-electron chi connectivity index (χ4n) is 1.99. The molecule has 0 aromatic heterocycles. The number of ether oxygens (including phenoxy) is 1. The third kappa shape index (κ3) is 4.88. The summed E-state index contributed by atoms with van der Waals surface area (Å²) >= 11 is 0. The van der Waals surface area contributed by atoms with Crippen LogP contribution in [0.3, 0.4) is 0 Å². The van der Waals surface area contributed by atoms with Gasteiger partial charge in [-0.2, -0.15) is 0 Å². The number of esters is 1. The molecule has 0 fully saturated rings. The first kappa shape index (κ1) is 17.1. The summed E-state index contributed by atoms with van der Waals surface area (Å²) in [5.74, 6) is -0.590. The Morgan fingerprint density at radius 3 is 2.58 bits per heavy atom. The van der Waals surface area contributed by atoms with E-state index in [1.54, 1.807) is 12.1 Å². The maximum absolute atomic E-state index is 11.8. The van der Waals surface area contributed by atoms with Crippen molar-refractivity contribution < 1.29 is 19.4 Å². The molecule has 6 nitrogen and oxygen atoms in total. The van der Waals surface area contributed by atoms with Crippen LogP contribution in [0.1, 0.15) is 0 Å². The number of amides is 2. The number of nitrogens with one attached hydrogen (secondary N) is 2. The van der Waals surface area contributed by atoms with Crippen LogP contribution in [0.25, 0.3) is 11.1 Å². The van der Waals surface area contributed by atoms with Crippen molar-refractivity contribution in [1.29, 1.82) is 0 Å². The fourth-order valence-corrected chi connectivity index (χ4v) is 1.99. The Bertz CT molecular complexity index is 729. The zero-order valence-corrected chi connectivity index (χ0v) is 13.0. The molecule has 6 heteroatoms. The van der Waals surface area contributed by atoms with Gasteiger partial charge in [0.2, 0.25) is 0 Å². The van der Waals surface area contributed by atoms with Gasteiger partial charge >= 0.3 is 12.0 Å². The topological polar surface area (TPSA) is 87.7 Å². The fraction of sp³-hybridized carbons (Fsp3) is 0.111. The van der Waals surface area contributed by atoms with E-state index in [-0.39, 0.29) is 24.6 Å². The number of benzene rings is 2. The number of urea groups is 1. The van der Waals surface area contributed by atoms with Gasteiger partial charge in [-0.05, 0) is 23.3 Å². The lowest BCUT2D eigenvalue weighted by Gasteiger charge is -2.11. The summed E-state index contributed by atoms with van der Waals surface area (Å²) in [6.45, 7) is 3.45. The van der Waals surface area contributed by atoms with Crippen LogP contribution >= 0.6 is 0 Å². The number of anilines is 1. The normalized spacial score (nSPS) is 9.83. The highest BCUT2D eigenvalue weighted by molar-refractivity contribution is 5.92. The third-order valence-electron chi connectivity index (χ3n) is 3.15. The van der Waals surface area contributed by atoms with Crippen LogP contribution in [0, 0.1) is 0 Å². The highest BCUT2D eigenvalue weighted by Crippen LogP contribution is 2.29. The van der Waals surface area contributed by atoms with Crippen LogP contribution in [0.15, 0.2) is 61.2 Å². The van der Waals surface area contributed by atoms with Gasteiger partial charge in [0.1, 0.15) is 12.4 Å². The maximum Gasteiger partial charge on any atom is 0.330 e. The standard InChI is InChI=1S/C18H18N2O4/c1-2-17(22)24-11-10-19-18(23)20-15-12-14(8-9-16(15)21)13-6-4-3-5-7-13/h2-9,12,21H,1,10-11H2,(H2,19,20,23). The van der Waals surface area contributed by atoms with Crippen LogP contribution in [0.2, 0.25) is 0 Å². The Balaban J connectivity index is 1.95. The molecule has 0 aliphatic rings. The van der Waals surface area contributed by atoms with Gasteiger partial charge in [0.05, 0.1) is 12.2 Å². The minimum atomic E-state index is -0.551. The van der Waals surface area contributed by atoms with Crippen molar-refractivity contribution in [3.63, 3.8) is 0 Å². The van der Waals surface area contributed by atoms with E-state index in [1.165, 1.54) is 6.07 Å². The summed E-state index contributed by atoms with van der Waals surface area (Å²) in [4.78, 5) is 22.7. The van der Waals surface area contributed by atoms with Crippen LogP contribution in [-0.2, 0) is 9.53 Å². The van der Waals surface area contributed by atoms with E-state index in [9.17, 15) is 14.7 Å². The lowest BCUT2D eigenvalue weighted by atomic mass is 10.0. The van der Waals surface area contributed by atoms with Crippen molar-refractivity contribution in [2.75, 3.05) is 18.5 Å². The second kappa shape index (κ2) is 8.38. The summed E-state index contributed by atoms with van der Waals surface area (Å²) in [7, 11) is 0. The van der Waals surface area contributed by atoms with Gasteiger partial charge in [-0.15, -0.1) is 0 Å². The van der Waals surface area contributed by atoms with Gasteiger partial charge in [0.15, 0.2) is 0 Å². The van der Waals surface area contributed by atoms with E-state index < -0.39 is 12.0 Å². The zero-order chi connectivity index (χ0) is 17.4. The van der Waals surface area contributed by atoms with Crippen molar-refractivity contribution in [3.8, 4) is 16.9 Å². The number of carbonyl (C=O) groups excluding carboxylic acids is 2. The SMILES string of the molecule is C=CC(=O)OCCNC(=O)Nc1cc(-c2ccccc2)ccc1O. The summed E-state index contributed by atoms with van der Waals surface area (Å²) in [5, 5.41) is 15.0. The molecule has 3 N–H and O–H groups in total. The van der Waals surface area contributed by atoms with Crippen molar-refractivity contribution in [2.45, 2.75) is 0 Å². The summed E-state index contributed by atoms with van der Waals surface area (Å²) < 4.78 is 4.74. The molecule has 0 radical (unpaired) electrons. The largest absolute Gasteiger partial charge is 0.506 e. The number of carbonyl (C=O) groups is 2. The predicted molar refractivity (Wildman–Crippen MR) is 91.7 cm³/mol. The quantitative estimate of drug-likeness (QED) is 0.330. The number of phenols is 1. The monoisotopic (exact) mass is 326 g/mol. The minimum Gasteiger partial charge on any atom is -0.506 e. The Hall–Kier alpha value is -3.28. The predicted octanol–water partition coefficient (Wildman–Crippen LogP) is 2.91. The third-order valence-corrected chi connectivity index (χ3v) is 3.15. The molecule has 2 amide bonds. The molecule has 2 rings (SSSR count). The Labute approximate surface area is 139 Å². The molecule has 0 aliphatic carbocycles. The van der Waals surface area contributed by atoms with Crippen molar-refractivity contribution >= 4 is 17.7 Å². The van der Waals surface area contributed by atoms with Crippen LogP contribution in [0.5, 0.6) is 5.75 Å². The second-order valence-corrected chi connectivity index (χ2v) is 4.85. The van der Waals surface area contributed by atoms with Crippen LogP contribution < -0.4 is 10.6 Å².